The van der Waals surface area contributed by atoms with Crippen LogP contribution in [0.4, 0.5) is 0 Å². The normalized spacial score (nSPS) is 20.9. The lowest BCUT2D eigenvalue weighted by Crippen LogP contribution is -2.03. The summed E-state index contributed by atoms with van der Waals surface area (Å²) >= 11 is 2.02. The molecule has 0 saturated carbocycles. The van der Waals surface area contributed by atoms with Crippen LogP contribution in [0.15, 0.2) is 18.2 Å². The van der Waals surface area contributed by atoms with Crippen molar-refractivity contribution < 1.29 is 0 Å². The van der Waals surface area contributed by atoms with Crippen LogP contribution < -0.4 is 5.73 Å². The van der Waals surface area contributed by atoms with Gasteiger partial charge in [-0.15, -0.1) is 0 Å². The van der Waals surface area contributed by atoms with Gasteiger partial charge in [-0.1, -0.05) is 18.6 Å². The van der Waals surface area contributed by atoms with E-state index in [1.165, 1.54) is 25.0 Å². The van der Waals surface area contributed by atoms with Gasteiger partial charge in [0.05, 0.1) is 16.3 Å². The maximum atomic E-state index is 5.74. The van der Waals surface area contributed by atoms with Crippen LogP contribution in [-0.2, 0) is 6.54 Å². The SMILES string of the molecule is NCc1cccc2[nH]c(C3CCCCS3)nc12. The number of nitrogens with one attached hydrogen (secondary N) is 1. The molecule has 2 aromatic rings. The van der Waals surface area contributed by atoms with Gasteiger partial charge < -0.3 is 10.7 Å². The predicted octanol–water partition coefficient (Wildman–Crippen LogP) is 2.98. The molecule has 0 amide bonds. The molecule has 1 aromatic carbocycles. The fourth-order valence-corrected chi connectivity index (χ4v) is 3.64. The number of nitrogens with two attached hydrogens (primary N) is 1. The quantitative estimate of drug-likeness (QED) is 0.857. The summed E-state index contributed by atoms with van der Waals surface area (Å²) < 4.78 is 0. The molecule has 3 rings (SSSR count). The number of rotatable bonds is 2. The average Bonchev–Trinajstić information content (AvgIpc) is 2.83. The van der Waals surface area contributed by atoms with Crippen molar-refractivity contribution in [2.45, 2.75) is 31.1 Å². The molecule has 1 aromatic heterocycles. The van der Waals surface area contributed by atoms with Crippen LogP contribution in [0.5, 0.6) is 0 Å². The number of H-pyrrole nitrogens is 1. The molecule has 1 aliphatic heterocycles. The second kappa shape index (κ2) is 4.70. The highest BCUT2D eigenvalue weighted by Crippen LogP contribution is 2.37. The van der Waals surface area contributed by atoms with E-state index < -0.39 is 0 Å². The Morgan fingerprint density at radius 1 is 1.41 bits per heavy atom. The van der Waals surface area contributed by atoms with Gasteiger partial charge in [-0.25, -0.2) is 4.98 Å². The van der Waals surface area contributed by atoms with Crippen molar-refractivity contribution in [3.8, 4) is 0 Å². The molecule has 2 heterocycles. The molecule has 0 aliphatic carbocycles. The topological polar surface area (TPSA) is 54.7 Å². The Hall–Kier alpha value is -1.00. The summed E-state index contributed by atoms with van der Waals surface area (Å²) in [6.07, 6.45) is 3.90. The Kier molecular flexibility index (Phi) is 3.07. The monoisotopic (exact) mass is 247 g/mol. The van der Waals surface area contributed by atoms with Gasteiger partial charge in [-0.05, 0) is 30.2 Å². The molecule has 3 N–H and O–H groups in total. The summed E-state index contributed by atoms with van der Waals surface area (Å²) in [5.74, 6) is 2.39. The lowest BCUT2D eigenvalue weighted by Gasteiger charge is -2.18. The molecule has 1 atom stereocenters. The number of hydrogen-bond acceptors (Lipinski definition) is 3. The molecule has 17 heavy (non-hydrogen) atoms. The van der Waals surface area contributed by atoms with Crippen LogP contribution in [0.25, 0.3) is 11.0 Å². The number of aromatic nitrogens is 2. The fraction of sp³-hybridized carbons (Fsp3) is 0.462. The Balaban J connectivity index is 2.00. The molecule has 4 heteroatoms. The maximum absolute atomic E-state index is 5.74. The number of aromatic amines is 1. The van der Waals surface area contributed by atoms with Crippen molar-refractivity contribution in [1.29, 1.82) is 0 Å². The third-order valence-electron chi connectivity index (χ3n) is 3.32. The summed E-state index contributed by atoms with van der Waals surface area (Å²) in [7, 11) is 0. The van der Waals surface area contributed by atoms with Gasteiger partial charge in [0, 0.05) is 6.54 Å². The molecule has 90 valence electrons. The van der Waals surface area contributed by atoms with Crippen molar-refractivity contribution in [2.24, 2.45) is 5.73 Å². The number of benzene rings is 1. The predicted molar refractivity (Wildman–Crippen MR) is 73.0 cm³/mol. The van der Waals surface area contributed by atoms with Crippen LogP contribution in [0.2, 0.25) is 0 Å². The number of para-hydroxylation sites is 1. The summed E-state index contributed by atoms with van der Waals surface area (Å²) in [6, 6.07) is 6.18. The van der Waals surface area contributed by atoms with E-state index >= 15 is 0 Å². The molecule has 0 spiro atoms. The third-order valence-corrected chi connectivity index (χ3v) is 4.70. The van der Waals surface area contributed by atoms with E-state index in [4.69, 9.17) is 10.7 Å². The highest BCUT2D eigenvalue weighted by atomic mass is 32.2. The number of nitrogens with zero attached hydrogens (tertiary/aromatic N) is 1. The summed E-state index contributed by atoms with van der Waals surface area (Å²) in [4.78, 5) is 8.20. The largest absolute Gasteiger partial charge is 0.341 e. The minimum absolute atomic E-state index is 0.543. The van der Waals surface area contributed by atoms with Crippen molar-refractivity contribution in [3.05, 3.63) is 29.6 Å². The first-order valence-electron chi connectivity index (χ1n) is 6.17. The Morgan fingerprint density at radius 2 is 2.35 bits per heavy atom. The molecule has 1 fully saturated rings. The minimum Gasteiger partial charge on any atom is -0.341 e. The average molecular weight is 247 g/mol. The van der Waals surface area contributed by atoms with Crippen molar-refractivity contribution in [2.75, 3.05) is 5.75 Å². The zero-order valence-corrected chi connectivity index (χ0v) is 10.6. The van der Waals surface area contributed by atoms with E-state index in [1.54, 1.807) is 0 Å². The number of thioether (sulfide) groups is 1. The Bertz CT molecular complexity index is 514. The fourth-order valence-electron chi connectivity index (χ4n) is 2.38. The van der Waals surface area contributed by atoms with E-state index in [0.29, 0.717) is 11.8 Å². The van der Waals surface area contributed by atoms with Crippen LogP contribution in [0, 0.1) is 0 Å². The van der Waals surface area contributed by atoms with Gasteiger partial charge in [0.2, 0.25) is 0 Å². The lowest BCUT2D eigenvalue weighted by atomic mass is 10.2. The molecular weight excluding hydrogens is 230 g/mol. The highest BCUT2D eigenvalue weighted by molar-refractivity contribution is 7.99. The minimum atomic E-state index is 0.543. The van der Waals surface area contributed by atoms with Crippen LogP contribution in [0.3, 0.4) is 0 Å². The first-order chi connectivity index (χ1) is 8.38. The molecule has 1 unspecified atom stereocenters. The van der Waals surface area contributed by atoms with Gasteiger partial charge in [0.15, 0.2) is 0 Å². The number of fused-ring (bicyclic) bond motifs is 1. The van der Waals surface area contributed by atoms with Crippen LogP contribution >= 0.6 is 11.8 Å². The van der Waals surface area contributed by atoms with Crippen LogP contribution in [-0.4, -0.2) is 15.7 Å². The van der Waals surface area contributed by atoms with E-state index in [-0.39, 0.29) is 0 Å². The van der Waals surface area contributed by atoms with Crippen LogP contribution in [0.1, 0.15) is 35.9 Å². The molecule has 0 bridgehead atoms. The maximum Gasteiger partial charge on any atom is 0.120 e. The van der Waals surface area contributed by atoms with Gasteiger partial charge in [-0.2, -0.15) is 11.8 Å². The van der Waals surface area contributed by atoms with Crippen molar-refractivity contribution in [1.82, 2.24) is 9.97 Å². The summed E-state index contributed by atoms with van der Waals surface area (Å²) in [5.41, 5.74) is 9.05. The molecule has 1 saturated heterocycles. The Morgan fingerprint density at radius 3 is 3.12 bits per heavy atom. The zero-order valence-electron chi connectivity index (χ0n) is 9.78. The third kappa shape index (κ3) is 2.07. The summed E-state index contributed by atoms with van der Waals surface area (Å²) in [5, 5.41) is 0.543. The number of imidazole rings is 1. The highest BCUT2D eigenvalue weighted by Gasteiger charge is 2.19. The molecule has 3 nitrogen and oxygen atoms in total. The van der Waals surface area contributed by atoms with Gasteiger partial charge in [-0.3, -0.25) is 0 Å². The summed E-state index contributed by atoms with van der Waals surface area (Å²) in [6.45, 7) is 0.555. The standard InChI is InChI=1S/C13H17N3S/c14-8-9-4-3-5-10-12(9)16-13(15-10)11-6-1-2-7-17-11/h3-5,11H,1-2,6-8,14H2,(H,15,16). The molecule has 1 aliphatic rings. The van der Waals surface area contributed by atoms with E-state index in [9.17, 15) is 0 Å². The molecular formula is C13H17N3S. The smallest absolute Gasteiger partial charge is 0.120 e. The first kappa shape index (κ1) is 11.1. The zero-order chi connectivity index (χ0) is 11.7. The van der Waals surface area contributed by atoms with Gasteiger partial charge in [0.25, 0.3) is 0 Å². The number of hydrogen-bond donors (Lipinski definition) is 2. The Labute approximate surface area is 105 Å². The van der Waals surface area contributed by atoms with Crippen molar-refractivity contribution in [3.63, 3.8) is 0 Å². The second-order valence-corrected chi connectivity index (χ2v) is 5.81. The molecule has 0 radical (unpaired) electrons. The van der Waals surface area contributed by atoms with E-state index in [2.05, 4.69) is 17.1 Å². The second-order valence-electron chi connectivity index (χ2n) is 4.49. The van der Waals surface area contributed by atoms with Crippen molar-refractivity contribution >= 4 is 22.8 Å². The first-order valence-corrected chi connectivity index (χ1v) is 7.22. The van der Waals surface area contributed by atoms with E-state index in [1.807, 2.05) is 17.8 Å². The van der Waals surface area contributed by atoms with Gasteiger partial charge >= 0.3 is 0 Å². The van der Waals surface area contributed by atoms with E-state index in [0.717, 1.165) is 22.4 Å². The lowest BCUT2D eigenvalue weighted by molar-refractivity contribution is 0.668. The van der Waals surface area contributed by atoms with Gasteiger partial charge in [0.1, 0.15) is 5.82 Å².